The van der Waals surface area contributed by atoms with E-state index in [0.717, 1.165) is 18.5 Å². The number of nitrogens with zero attached hydrogens (tertiary/aromatic N) is 3. The molecule has 4 aliphatic rings. The Labute approximate surface area is 141 Å². The number of aromatic nitrogens is 2. The Hall–Kier alpha value is -1.89. The van der Waals surface area contributed by atoms with Crippen molar-refractivity contribution >= 4 is 11.8 Å². The lowest BCUT2D eigenvalue weighted by atomic mass is 9.94. The van der Waals surface area contributed by atoms with Crippen molar-refractivity contribution in [3.8, 4) is 0 Å². The minimum atomic E-state index is -0.0913. The maximum absolute atomic E-state index is 12.8. The molecule has 7 heteroatoms. The Morgan fingerprint density at radius 3 is 2.83 bits per heavy atom. The molecule has 0 unspecified atom stereocenters. The van der Waals surface area contributed by atoms with E-state index in [2.05, 4.69) is 10.2 Å². The molecule has 130 valence electrons. The lowest BCUT2D eigenvalue weighted by molar-refractivity contribution is -0.140. The normalized spacial score (nSPS) is 26.8. The quantitative estimate of drug-likeness (QED) is 0.872. The van der Waals surface area contributed by atoms with Gasteiger partial charge in [0, 0.05) is 44.4 Å². The van der Waals surface area contributed by atoms with Gasteiger partial charge < -0.3 is 14.5 Å². The number of ether oxygens (including phenoxy) is 1. The largest absolute Gasteiger partial charge is 0.383 e. The number of piperidine rings is 1. The molecular weight excluding hydrogens is 308 g/mol. The predicted octanol–water partition coefficient (Wildman–Crippen LogP) is 0.996. The van der Waals surface area contributed by atoms with Crippen LogP contribution in [0.1, 0.15) is 47.8 Å². The average molecular weight is 332 g/mol. The summed E-state index contributed by atoms with van der Waals surface area (Å²) in [6.07, 6.45) is 4.17. The van der Waals surface area contributed by atoms with Crippen molar-refractivity contribution in [3.63, 3.8) is 0 Å². The van der Waals surface area contributed by atoms with Crippen LogP contribution in [-0.2, 0) is 9.53 Å². The lowest BCUT2D eigenvalue weighted by Crippen LogP contribution is -2.49. The first-order valence-electron chi connectivity index (χ1n) is 8.81. The van der Waals surface area contributed by atoms with Crippen molar-refractivity contribution < 1.29 is 14.3 Å². The van der Waals surface area contributed by atoms with Crippen molar-refractivity contribution in [2.45, 2.75) is 37.6 Å². The second-order valence-corrected chi connectivity index (χ2v) is 7.15. The molecule has 1 aromatic rings. The van der Waals surface area contributed by atoms with Crippen molar-refractivity contribution in [2.24, 2.45) is 5.92 Å². The van der Waals surface area contributed by atoms with E-state index in [0.29, 0.717) is 37.9 Å². The van der Waals surface area contributed by atoms with Gasteiger partial charge in [0.2, 0.25) is 5.91 Å². The number of hydrogen-bond donors (Lipinski definition) is 1. The first-order valence-corrected chi connectivity index (χ1v) is 8.81. The van der Waals surface area contributed by atoms with Crippen molar-refractivity contribution in [2.75, 3.05) is 33.4 Å². The Morgan fingerprint density at radius 2 is 2.08 bits per heavy atom. The monoisotopic (exact) mass is 332 g/mol. The average Bonchev–Trinajstić information content (AvgIpc) is 3.37. The van der Waals surface area contributed by atoms with E-state index in [-0.39, 0.29) is 23.8 Å². The third-order valence-electron chi connectivity index (χ3n) is 5.45. The second-order valence-electron chi connectivity index (χ2n) is 7.15. The number of carbonyl (C=O) groups is 2. The zero-order chi connectivity index (χ0) is 16.7. The second kappa shape index (κ2) is 6.20. The van der Waals surface area contributed by atoms with Gasteiger partial charge in [-0.25, -0.2) is 0 Å². The summed E-state index contributed by atoms with van der Waals surface area (Å²) in [7, 11) is 1.64. The third-order valence-corrected chi connectivity index (χ3v) is 5.45. The highest BCUT2D eigenvalue weighted by Crippen LogP contribution is 2.39. The van der Waals surface area contributed by atoms with Gasteiger partial charge in [-0.1, -0.05) is 0 Å². The highest BCUT2D eigenvalue weighted by Gasteiger charge is 2.42. The van der Waals surface area contributed by atoms with Gasteiger partial charge in [0.25, 0.3) is 5.91 Å². The van der Waals surface area contributed by atoms with E-state index in [1.165, 1.54) is 12.8 Å². The van der Waals surface area contributed by atoms with Crippen molar-refractivity contribution in [1.82, 2.24) is 20.0 Å². The first-order chi connectivity index (χ1) is 11.7. The van der Waals surface area contributed by atoms with Crippen LogP contribution in [0.4, 0.5) is 0 Å². The smallest absolute Gasteiger partial charge is 0.274 e. The van der Waals surface area contributed by atoms with Gasteiger partial charge in [0.05, 0.1) is 12.5 Å². The van der Waals surface area contributed by atoms with E-state index in [1.807, 2.05) is 15.9 Å². The number of methoxy groups -OCH3 is 1. The summed E-state index contributed by atoms with van der Waals surface area (Å²) in [5.41, 5.74) is 1.54. The van der Waals surface area contributed by atoms with Gasteiger partial charge in [0.15, 0.2) is 0 Å². The number of carbonyl (C=O) groups excluding carboxylic acids is 2. The molecule has 1 aliphatic carbocycles. The molecule has 0 radical (unpaired) electrons. The van der Waals surface area contributed by atoms with E-state index in [4.69, 9.17) is 4.74 Å². The molecule has 24 heavy (non-hydrogen) atoms. The number of fused-ring (bicyclic) bond motifs is 4. The summed E-state index contributed by atoms with van der Waals surface area (Å²) >= 11 is 0. The molecule has 7 nitrogen and oxygen atoms in total. The first kappa shape index (κ1) is 15.6. The van der Waals surface area contributed by atoms with E-state index in [1.54, 1.807) is 7.11 Å². The SMILES string of the molecule is COCCN1C(=O)[C@H]2CC[C@@H]1CN(C(=O)c1cc(C3CC3)[nH]n1)C2. The molecule has 5 rings (SSSR count). The molecule has 4 heterocycles. The Balaban J connectivity index is 1.50. The maximum Gasteiger partial charge on any atom is 0.274 e. The van der Waals surface area contributed by atoms with E-state index in [9.17, 15) is 9.59 Å². The predicted molar refractivity (Wildman–Crippen MR) is 86.6 cm³/mol. The fourth-order valence-electron chi connectivity index (χ4n) is 3.90. The van der Waals surface area contributed by atoms with Gasteiger partial charge in [-0.05, 0) is 31.7 Å². The van der Waals surface area contributed by atoms with Crippen LogP contribution in [0.25, 0.3) is 0 Å². The lowest BCUT2D eigenvalue weighted by Gasteiger charge is -2.35. The molecule has 2 amide bonds. The van der Waals surface area contributed by atoms with Gasteiger partial charge in [-0.3, -0.25) is 14.7 Å². The number of hydrogen-bond acceptors (Lipinski definition) is 4. The van der Waals surface area contributed by atoms with Crippen LogP contribution in [0.5, 0.6) is 0 Å². The maximum atomic E-state index is 12.8. The van der Waals surface area contributed by atoms with Gasteiger partial charge in [0.1, 0.15) is 5.69 Å². The molecule has 1 aromatic heterocycles. The Bertz CT molecular complexity index is 640. The van der Waals surface area contributed by atoms with Crippen LogP contribution in [0.3, 0.4) is 0 Å². The minimum absolute atomic E-state index is 0.0589. The van der Waals surface area contributed by atoms with Crippen LogP contribution < -0.4 is 0 Å². The number of rotatable bonds is 5. The van der Waals surface area contributed by atoms with Gasteiger partial charge >= 0.3 is 0 Å². The minimum Gasteiger partial charge on any atom is -0.383 e. The molecule has 4 fully saturated rings. The summed E-state index contributed by atoms with van der Waals surface area (Å²) in [5, 5.41) is 7.20. The number of H-pyrrole nitrogens is 1. The Kier molecular flexibility index (Phi) is 4.04. The molecule has 2 atom stereocenters. The van der Waals surface area contributed by atoms with Crippen LogP contribution in [-0.4, -0.2) is 71.2 Å². The molecular formula is C17H24N4O3. The highest BCUT2D eigenvalue weighted by atomic mass is 16.5. The molecule has 3 saturated heterocycles. The fourth-order valence-corrected chi connectivity index (χ4v) is 3.90. The van der Waals surface area contributed by atoms with Crippen LogP contribution in [0.2, 0.25) is 0 Å². The molecule has 2 bridgehead atoms. The van der Waals surface area contributed by atoms with Gasteiger partial charge in [-0.2, -0.15) is 5.10 Å². The summed E-state index contributed by atoms with van der Waals surface area (Å²) in [4.78, 5) is 29.2. The van der Waals surface area contributed by atoms with Crippen LogP contribution in [0, 0.1) is 5.92 Å². The van der Waals surface area contributed by atoms with E-state index < -0.39 is 0 Å². The molecule has 1 N–H and O–H groups in total. The zero-order valence-corrected chi connectivity index (χ0v) is 14.0. The van der Waals surface area contributed by atoms with Crippen LogP contribution >= 0.6 is 0 Å². The number of amides is 2. The topological polar surface area (TPSA) is 78.5 Å². The Morgan fingerprint density at radius 1 is 1.29 bits per heavy atom. The molecule has 0 spiro atoms. The summed E-state index contributed by atoms with van der Waals surface area (Å²) in [5.74, 6) is 0.563. The number of nitrogens with one attached hydrogen (secondary N) is 1. The summed E-state index contributed by atoms with van der Waals surface area (Å²) < 4.78 is 5.13. The fraction of sp³-hybridized carbons (Fsp3) is 0.706. The standard InChI is InChI=1S/C17H24N4O3/c1-24-7-6-21-13-5-4-12(16(21)22)9-20(10-13)17(23)15-8-14(18-19-15)11-2-3-11/h8,11-13H,2-7,9-10H2,1H3,(H,18,19)/t12-,13+/m0/s1. The molecule has 0 aromatic carbocycles. The molecule has 1 saturated carbocycles. The van der Waals surface area contributed by atoms with Crippen molar-refractivity contribution in [3.05, 3.63) is 17.5 Å². The van der Waals surface area contributed by atoms with E-state index >= 15 is 0 Å². The summed E-state index contributed by atoms with van der Waals surface area (Å²) in [6.45, 7) is 2.24. The highest BCUT2D eigenvalue weighted by molar-refractivity contribution is 5.93. The summed E-state index contributed by atoms with van der Waals surface area (Å²) in [6, 6.07) is 1.98. The van der Waals surface area contributed by atoms with Crippen molar-refractivity contribution in [1.29, 1.82) is 0 Å². The molecule has 3 aliphatic heterocycles. The van der Waals surface area contributed by atoms with Gasteiger partial charge in [-0.15, -0.1) is 0 Å². The third kappa shape index (κ3) is 2.81. The van der Waals surface area contributed by atoms with Crippen LogP contribution in [0.15, 0.2) is 6.07 Å². The number of aromatic amines is 1. The zero-order valence-electron chi connectivity index (χ0n) is 14.0.